The number of nitrogens with two attached hydrogens (primary N) is 1. The van der Waals surface area contributed by atoms with E-state index < -0.39 is 23.8 Å². The number of aryl methyl sites for hydroxylation is 2. The van der Waals surface area contributed by atoms with Crippen LogP contribution in [-0.4, -0.2) is 37.3 Å². The largest absolute Gasteiger partial charge is 0.466 e. The van der Waals surface area contributed by atoms with Crippen molar-refractivity contribution in [2.45, 2.75) is 33.2 Å². The van der Waals surface area contributed by atoms with Gasteiger partial charge in [0.2, 0.25) is 5.91 Å². The van der Waals surface area contributed by atoms with Gasteiger partial charge >= 0.3 is 5.97 Å². The number of hydrazine groups is 1. The minimum Gasteiger partial charge on any atom is -0.466 e. The topological polar surface area (TPSA) is 135 Å². The Labute approximate surface area is 187 Å². The highest BCUT2D eigenvalue weighted by molar-refractivity contribution is 5.97. The second-order valence-corrected chi connectivity index (χ2v) is 7.15. The Balaban J connectivity index is 2.06. The van der Waals surface area contributed by atoms with Crippen molar-refractivity contribution >= 4 is 29.8 Å². The molecule has 0 aliphatic heterocycles. The molecule has 5 N–H and O–H groups in total. The summed E-state index contributed by atoms with van der Waals surface area (Å²) >= 11 is 0. The Morgan fingerprint density at radius 2 is 1.94 bits per heavy atom. The second kappa shape index (κ2) is 12.2. The lowest BCUT2D eigenvalue weighted by Crippen LogP contribution is -2.39. The van der Waals surface area contributed by atoms with Crippen LogP contribution in [0.5, 0.6) is 0 Å². The van der Waals surface area contributed by atoms with Gasteiger partial charge in [-0.15, -0.1) is 0 Å². The van der Waals surface area contributed by atoms with Crippen molar-refractivity contribution in [1.29, 1.82) is 0 Å². The third-order valence-corrected chi connectivity index (χ3v) is 4.63. The van der Waals surface area contributed by atoms with Crippen molar-refractivity contribution in [1.82, 2.24) is 16.1 Å². The number of esters is 1. The van der Waals surface area contributed by atoms with Gasteiger partial charge in [-0.2, -0.15) is 0 Å². The minimum absolute atomic E-state index is 0.00690. The number of amides is 2. The summed E-state index contributed by atoms with van der Waals surface area (Å²) in [5.74, 6) is 3.89. The molecule has 170 valence electrons. The lowest BCUT2D eigenvalue weighted by molar-refractivity contribution is -0.143. The number of hydrogen-bond acceptors (Lipinski definition) is 6. The quantitative estimate of drug-likeness (QED) is 0.147. The summed E-state index contributed by atoms with van der Waals surface area (Å²) in [6, 6.07) is 11.8. The van der Waals surface area contributed by atoms with Crippen molar-refractivity contribution in [2.24, 2.45) is 10.8 Å². The molecule has 9 heteroatoms. The maximum Gasteiger partial charge on any atom is 0.308 e. The summed E-state index contributed by atoms with van der Waals surface area (Å²) in [5, 5.41) is 5.42. The first kappa shape index (κ1) is 24.5. The number of nitrogens with one attached hydrogen (secondary N) is 3. The molecule has 0 heterocycles. The maximum atomic E-state index is 12.6. The summed E-state index contributed by atoms with van der Waals surface area (Å²) in [6.07, 6.45) is 1.29. The zero-order valence-electron chi connectivity index (χ0n) is 18.5. The molecule has 1 atom stereocenters. The summed E-state index contributed by atoms with van der Waals surface area (Å²) in [5.41, 5.74) is 5.95. The van der Waals surface area contributed by atoms with E-state index >= 15 is 0 Å². The molecule has 2 rings (SSSR count). The molecule has 2 aromatic carbocycles. The predicted octanol–water partition coefficient (Wildman–Crippen LogP) is 1.97. The van der Waals surface area contributed by atoms with Gasteiger partial charge in [-0.1, -0.05) is 29.8 Å². The van der Waals surface area contributed by atoms with Crippen molar-refractivity contribution in [2.75, 3.05) is 13.2 Å². The third-order valence-electron chi connectivity index (χ3n) is 4.63. The van der Waals surface area contributed by atoms with Gasteiger partial charge in [-0.25, -0.2) is 10.8 Å². The van der Waals surface area contributed by atoms with Crippen LogP contribution in [0.3, 0.4) is 0 Å². The average molecular weight is 440 g/mol. The number of ether oxygens (including phenoxy) is 1. The maximum absolute atomic E-state index is 12.6. The molecule has 9 nitrogen and oxygen atoms in total. The number of nitrogens with zero attached hydrogens (tertiary/aromatic N) is 1. The van der Waals surface area contributed by atoms with Crippen LogP contribution in [0, 0.1) is 13.8 Å². The van der Waals surface area contributed by atoms with Crippen LogP contribution < -0.4 is 21.9 Å². The van der Waals surface area contributed by atoms with Crippen molar-refractivity contribution in [3.05, 3.63) is 64.7 Å². The fraction of sp³-hybridized carbons (Fsp3) is 0.304. The summed E-state index contributed by atoms with van der Waals surface area (Å²) < 4.78 is 5.06. The van der Waals surface area contributed by atoms with Crippen LogP contribution in [-0.2, 0) is 14.3 Å². The average Bonchev–Trinajstić information content (AvgIpc) is 2.77. The first-order valence-electron chi connectivity index (χ1n) is 10.2. The van der Waals surface area contributed by atoms with Gasteiger partial charge in [0.1, 0.15) is 6.34 Å². The molecular weight excluding hydrogens is 410 g/mol. The van der Waals surface area contributed by atoms with Gasteiger partial charge in [0.15, 0.2) is 0 Å². The number of rotatable bonds is 10. The van der Waals surface area contributed by atoms with Gasteiger partial charge in [0, 0.05) is 5.56 Å². The number of aliphatic imine (C=N–C) groups is 1. The number of carbonyl (C=O) groups is 3. The third kappa shape index (κ3) is 7.51. The molecule has 0 aliphatic carbocycles. The predicted molar refractivity (Wildman–Crippen MR) is 122 cm³/mol. The highest BCUT2D eigenvalue weighted by Crippen LogP contribution is 2.23. The Kier molecular flexibility index (Phi) is 9.37. The summed E-state index contributed by atoms with van der Waals surface area (Å²) in [6.45, 7) is 5.59. The Morgan fingerprint density at radius 3 is 2.66 bits per heavy atom. The van der Waals surface area contributed by atoms with E-state index in [1.807, 2.05) is 32.0 Å². The molecule has 2 aromatic rings. The highest BCUT2D eigenvalue weighted by Gasteiger charge is 2.21. The zero-order valence-corrected chi connectivity index (χ0v) is 18.5. The molecule has 2 amide bonds. The highest BCUT2D eigenvalue weighted by atomic mass is 16.5. The molecule has 1 unspecified atom stereocenters. The van der Waals surface area contributed by atoms with Crippen LogP contribution in [0.1, 0.15) is 46.4 Å². The monoisotopic (exact) mass is 439 g/mol. The molecule has 0 bridgehead atoms. The lowest BCUT2D eigenvalue weighted by Gasteiger charge is -2.21. The van der Waals surface area contributed by atoms with E-state index in [1.165, 1.54) is 6.34 Å². The summed E-state index contributed by atoms with van der Waals surface area (Å²) in [4.78, 5) is 41.1. The zero-order chi connectivity index (χ0) is 23.5. The van der Waals surface area contributed by atoms with Crippen LogP contribution in [0.2, 0.25) is 0 Å². The van der Waals surface area contributed by atoms with Gasteiger partial charge < -0.3 is 20.8 Å². The second-order valence-electron chi connectivity index (χ2n) is 7.15. The van der Waals surface area contributed by atoms with E-state index in [0.29, 0.717) is 11.3 Å². The van der Waals surface area contributed by atoms with E-state index in [2.05, 4.69) is 21.1 Å². The Morgan fingerprint density at radius 1 is 1.16 bits per heavy atom. The van der Waals surface area contributed by atoms with E-state index in [1.54, 1.807) is 31.2 Å². The summed E-state index contributed by atoms with van der Waals surface area (Å²) in [7, 11) is 0. The fourth-order valence-electron chi connectivity index (χ4n) is 3.11. The Hall–Kier alpha value is -3.72. The van der Waals surface area contributed by atoms with Crippen LogP contribution in [0.25, 0.3) is 0 Å². The molecule has 0 saturated heterocycles. The smallest absolute Gasteiger partial charge is 0.308 e. The SMILES string of the molecule is CCOC(=O)CC(NC(=O)CNC(=O)c1cccc(N=CNN)c1)c1cc(C)ccc1C. The Bertz CT molecular complexity index is 990. The van der Waals surface area contributed by atoms with Crippen LogP contribution in [0.15, 0.2) is 47.5 Å². The van der Waals surface area contributed by atoms with E-state index in [0.717, 1.165) is 16.7 Å². The van der Waals surface area contributed by atoms with Crippen molar-refractivity contribution in [3.8, 4) is 0 Å². The molecule has 0 radical (unpaired) electrons. The van der Waals surface area contributed by atoms with Crippen LogP contribution >= 0.6 is 0 Å². The molecule has 32 heavy (non-hydrogen) atoms. The minimum atomic E-state index is -0.570. The van der Waals surface area contributed by atoms with E-state index in [-0.39, 0.29) is 19.6 Å². The molecule has 0 aliphatic rings. The lowest BCUT2D eigenvalue weighted by atomic mass is 9.96. The molecular formula is C23H29N5O4. The van der Waals surface area contributed by atoms with Crippen molar-refractivity contribution < 1.29 is 19.1 Å². The fourth-order valence-corrected chi connectivity index (χ4v) is 3.11. The van der Waals surface area contributed by atoms with Crippen molar-refractivity contribution in [3.63, 3.8) is 0 Å². The van der Waals surface area contributed by atoms with Gasteiger partial charge in [0.05, 0.1) is 31.3 Å². The normalized spacial score (nSPS) is 11.6. The standard InChI is InChI=1S/C23H29N5O4/c1-4-32-22(30)12-20(19-10-15(2)8-9-16(19)3)28-21(29)13-25-23(31)17-6-5-7-18(11-17)26-14-27-24/h5-11,14,20H,4,12-13,24H2,1-3H3,(H,25,31)(H,26,27)(H,28,29). The van der Waals surface area contributed by atoms with Gasteiger partial charge in [0.25, 0.3) is 5.91 Å². The van der Waals surface area contributed by atoms with E-state index in [4.69, 9.17) is 10.6 Å². The van der Waals surface area contributed by atoms with Gasteiger partial charge in [-0.3, -0.25) is 14.4 Å². The van der Waals surface area contributed by atoms with E-state index in [9.17, 15) is 14.4 Å². The molecule has 0 fully saturated rings. The number of hydrogen-bond donors (Lipinski definition) is 4. The molecule has 0 saturated carbocycles. The first-order valence-corrected chi connectivity index (χ1v) is 10.2. The number of benzene rings is 2. The number of carbonyl (C=O) groups excluding carboxylic acids is 3. The molecule has 0 aromatic heterocycles. The van der Waals surface area contributed by atoms with Gasteiger partial charge in [-0.05, 0) is 50.1 Å². The molecule has 0 spiro atoms. The van der Waals surface area contributed by atoms with Crippen LogP contribution in [0.4, 0.5) is 5.69 Å². The first-order chi connectivity index (χ1) is 15.3.